The highest BCUT2D eigenvalue weighted by Gasteiger charge is 2.29. The second kappa shape index (κ2) is 7.53. The fraction of sp³-hybridized carbons (Fsp3) is 0.333. The number of ether oxygens (including phenoxy) is 1. The second-order valence-corrected chi connectivity index (χ2v) is 6.09. The van der Waals surface area contributed by atoms with Crippen LogP contribution in [0.15, 0.2) is 54.6 Å². The Kier molecular flexibility index (Phi) is 5.20. The summed E-state index contributed by atoms with van der Waals surface area (Å²) in [5.41, 5.74) is 0.222. The lowest BCUT2D eigenvalue weighted by Gasteiger charge is -2.24. The summed E-state index contributed by atoms with van der Waals surface area (Å²) in [5.74, 6) is 7.07. The van der Waals surface area contributed by atoms with Gasteiger partial charge in [0.15, 0.2) is 5.60 Å². The van der Waals surface area contributed by atoms with Crippen molar-refractivity contribution in [2.24, 2.45) is 0 Å². The Hall–Kier alpha value is -2.28. The van der Waals surface area contributed by atoms with Crippen LogP contribution in [-0.2, 0) is 5.60 Å². The summed E-state index contributed by atoms with van der Waals surface area (Å²) < 4.78 is 5.21. The van der Waals surface area contributed by atoms with Crippen molar-refractivity contribution >= 4 is 0 Å². The highest BCUT2D eigenvalue weighted by atomic mass is 16.5. The van der Waals surface area contributed by atoms with Gasteiger partial charge in [-0.25, -0.2) is 0 Å². The number of hydrogen-bond acceptors (Lipinski definition) is 3. The van der Waals surface area contributed by atoms with Gasteiger partial charge in [0.05, 0.1) is 13.7 Å². The third-order valence-corrected chi connectivity index (χ3v) is 4.47. The molecule has 24 heavy (non-hydrogen) atoms. The van der Waals surface area contributed by atoms with Crippen LogP contribution < -0.4 is 4.74 Å². The minimum absolute atomic E-state index is 0.700. The van der Waals surface area contributed by atoms with Crippen LogP contribution in [0.5, 0.6) is 5.75 Å². The van der Waals surface area contributed by atoms with Crippen LogP contribution >= 0.6 is 0 Å². The molecule has 0 radical (unpaired) electrons. The monoisotopic (exact) mass is 321 g/mol. The van der Waals surface area contributed by atoms with E-state index >= 15 is 0 Å². The lowest BCUT2D eigenvalue weighted by Crippen LogP contribution is -2.26. The first-order valence-corrected chi connectivity index (χ1v) is 8.37. The van der Waals surface area contributed by atoms with E-state index in [1.807, 2.05) is 54.6 Å². The maximum Gasteiger partial charge on any atom is 0.176 e. The average molecular weight is 321 g/mol. The molecule has 3 nitrogen and oxygen atoms in total. The highest BCUT2D eigenvalue weighted by molar-refractivity contribution is 5.45. The van der Waals surface area contributed by atoms with E-state index in [2.05, 4.69) is 16.7 Å². The molecule has 1 unspecified atom stereocenters. The molecule has 0 bridgehead atoms. The summed E-state index contributed by atoms with van der Waals surface area (Å²) in [5, 5.41) is 11.4. The van der Waals surface area contributed by atoms with Crippen molar-refractivity contribution in [3.05, 3.63) is 65.7 Å². The number of hydrogen-bond donors (Lipinski definition) is 1. The minimum Gasteiger partial charge on any atom is -0.497 e. The zero-order chi connectivity index (χ0) is 16.8. The fourth-order valence-corrected chi connectivity index (χ4v) is 3.04. The van der Waals surface area contributed by atoms with Gasteiger partial charge in [-0.3, -0.25) is 4.90 Å². The van der Waals surface area contributed by atoms with Crippen LogP contribution in [0.4, 0.5) is 0 Å². The first-order chi connectivity index (χ1) is 11.7. The van der Waals surface area contributed by atoms with Gasteiger partial charge in [-0.1, -0.05) is 54.3 Å². The van der Waals surface area contributed by atoms with Crippen LogP contribution in [0, 0.1) is 11.8 Å². The predicted octanol–water partition coefficient (Wildman–Crippen LogP) is 3.03. The standard InChI is InChI=1S/C21H23NO2/c1-24-20-12-10-19(11-13-20)21(23,18-8-3-2-4-9-18)14-7-17-22-15-5-6-16-22/h2-4,8-13,23H,5-6,15-17H2,1H3. The molecule has 1 atom stereocenters. The van der Waals surface area contributed by atoms with Crippen LogP contribution in [0.1, 0.15) is 24.0 Å². The largest absolute Gasteiger partial charge is 0.497 e. The fourth-order valence-electron chi connectivity index (χ4n) is 3.04. The number of likely N-dealkylation sites (tertiary alicyclic amines) is 1. The van der Waals surface area contributed by atoms with E-state index in [0.717, 1.165) is 30.0 Å². The molecule has 0 saturated carbocycles. The molecule has 2 aromatic carbocycles. The molecule has 3 rings (SSSR count). The Bertz CT molecular complexity index is 709. The Morgan fingerprint density at radius 3 is 2.25 bits per heavy atom. The smallest absolute Gasteiger partial charge is 0.176 e. The molecule has 0 aromatic heterocycles. The summed E-state index contributed by atoms with van der Waals surface area (Å²) in [4.78, 5) is 2.33. The maximum atomic E-state index is 11.4. The first-order valence-electron chi connectivity index (χ1n) is 8.37. The van der Waals surface area contributed by atoms with E-state index in [4.69, 9.17) is 4.74 Å². The molecule has 0 amide bonds. The molecule has 0 aliphatic carbocycles. The molecule has 1 saturated heterocycles. The molecule has 1 aliphatic rings. The second-order valence-electron chi connectivity index (χ2n) is 6.09. The van der Waals surface area contributed by atoms with Crippen molar-refractivity contribution in [1.82, 2.24) is 4.90 Å². The molecule has 0 spiro atoms. The van der Waals surface area contributed by atoms with Crippen molar-refractivity contribution in [2.45, 2.75) is 18.4 Å². The third kappa shape index (κ3) is 3.62. The predicted molar refractivity (Wildman–Crippen MR) is 95.9 cm³/mol. The van der Waals surface area contributed by atoms with Gasteiger partial charge in [0, 0.05) is 11.1 Å². The molecular weight excluding hydrogens is 298 g/mol. The normalized spacial score (nSPS) is 16.9. The zero-order valence-electron chi connectivity index (χ0n) is 14.0. The number of nitrogens with zero attached hydrogens (tertiary/aromatic N) is 1. The average Bonchev–Trinajstić information content (AvgIpc) is 3.16. The molecule has 3 heteroatoms. The minimum atomic E-state index is -1.31. The number of aliphatic hydroxyl groups is 1. The Morgan fingerprint density at radius 1 is 1.00 bits per heavy atom. The summed E-state index contributed by atoms with van der Waals surface area (Å²) in [6.45, 7) is 2.90. The SMILES string of the molecule is COc1ccc(C(O)(C#CCN2CCCC2)c2ccccc2)cc1. The number of benzene rings is 2. The van der Waals surface area contributed by atoms with Crippen molar-refractivity contribution < 1.29 is 9.84 Å². The Morgan fingerprint density at radius 2 is 1.62 bits per heavy atom. The lowest BCUT2D eigenvalue weighted by atomic mass is 9.87. The van der Waals surface area contributed by atoms with Gasteiger partial charge in [0.1, 0.15) is 5.75 Å². The van der Waals surface area contributed by atoms with Crippen molar-refractivity contribution in [3.8, 4) is 17.6 Å². The van der Waals surface area contributed by atoms with E-state index in [1.54, 1.807) is 7.11 Å². The molecule has 2 aromatic rings. The van der Waals surface area contributed by atoms with Gasteiger partial charge >= 0.3 is 0 Å². The molecule has 1 N–H and O–H groups in total. The first kappa shape index (κ1) is 16.6. The van der Waals surface area contributed by atoms with Gasteiger partial charge in [0.2, 0.25) is 0 Å². The van der Waals surface area contributed by atoms with Crippen LogP contribution in [0.2, 0.25) is 0 Å². The Labute approximate surface area is 143 Å². The molecule has 1 heterocycles. The molecular formula is C21H23NO2. The van der Waals surface area contributed by atoms with Crippen LogP contribution in [0.3, 0.4) is 0 Å². The molecule has 1 aliphatic heterocycles. The van der Waals surface area contributed by atoms with Crippen molar-refractivity contribution in [3.63, 3.8) is 0 Å². The summed E-state index contributed by atoms with van der Waals surface area (Å²) in [6, 6.07) is 17.1. The quantitative estimate of drug-likeness (QED) is 0.879. The Balaban J connectivity index is 1.92. The van der Waals surface area contributed by atoms with Crippen molar-refractivity contribution in [2.75, 3.05) is 26.7 Å². The van der Waals surface area contributed by atoms with E-state index < -0.39 is 5.60 Å². The van der Waals surface area contributed by atoms with E-state index in [-0.39, 0.29) is 0 Å². The number of rotatable bonds is 4. The summed E-state index contributed by atoms with van der Waals surface area (Å²) in [6.07, 6.45) is 2.48. The number of methoxy groups -OCH3 is 1. The van der Waals surface area contributed by atoms with Crippen LogP contribution in [0.25, 0.3) is 0 Å². The van der Waals surface area contributed by atoms with E-state index in [9.17, 15) is 5.11 Å². The van der Waals surface area contributed by atoms with Crippen molar-refractivity contribution in [1.29, 1.82) is 0 Å². The summed E-state index contributed by atoms with van der Waals surface area (Å²) >= 11 is 0. The van der Waals surface area contributed by atoms with Gasteiger partial charge in [-0.05, 0) is 38.1 Å². The van der Waals surface area contributed by atoms with E-state index in [1.165, 1.54) is 12.8 Å². The van der Waals surface area contributed by atoms with Gasteiger partial charge in [0.25, 0.3) is 0 Å². The van der Waals surface area contributed by atoms with E-state index in [0.29, 0.717) is 6.54 Å². The third-order valence-electron chi connectivity index (χ3n) is 4.47. The maximum absolute atomic E-state index is 11.4. The topological polar surface area (TPSA) is 32.7 Å². The molecule has 124 valence electrons. The zero-order valence-corrected chi connectivity index (χ0v) is 14.0. The van der Waals surface area contributed by atoms with Crippen LogP contribution in [-0.4, -0.2) is 36.8 Å². The van der Waals surface area contributed by atoms with Gasteiger partial charge in [-0.15, -0.1) is 0 Å². The summed E-state index contributed by atoms with van der Waals surface area (Å²) in [7, 11) is 1.63. The highest BCUT2D eigenvalue weighted by Crippen LogP contribution is 2.30. The van der Waals surface area contributed by atoms with Gasteiger partial charge < -0.3 is 9.84 Å². The molecule has 1 fully saturated rings. The van der Waals surface area contributed by atoms with Gasteiger partial charge in [-0.2, -0.15) is 0 Å². The lowest BCUT2D eigenvalue weighted by molar-refractivity contribution is 0.145.